The number of amides is 2. The summed E-state index contributed by atoms with van der Waals surface area (Å²) in [5.74, 6) is -1.89. The van der Waals surface area contributed by atoms with Crippen LogP contribution >= 0.6 is 11.3 Å². The van der Waals surface area contributed by atoms with Crippen LogP contribution in [0.1, 0.15) is 45.6 Å². The Labute approximate surface area is 201 Å². The molecule has 176 valence electrons. The standard InChI is InChI=1S/C25H25N3O5S/c1-14(2)22(24(30)31)28-23(29)20-11-26-21(34-20)12-27-25(32)33-13-19-17-9-5-3-7-15(17)16-8-4-6-10-18(16)19/h3-11,14,19,22H,12-13H2,1-2H3,(H,27,32)(H,28,29)(H,30,31)/t22-/m0/s1. The summed E-state index contributed by atoms with van der Waals surface area (Å²) in [6, 6.07) is 15.2. The minimum absolute atomic E-state index is 0.0311. The van der Waals surface area contributed by atoms with Crippen molar-refractivity contribution < 1.29 is 24.2 Å². The molecule has 4 rings (SSSR count). The van der Waals surface area contributed by atoms with E-state index in [0.717, 1.165) is 33.6 Å². The zero-order valence-electron chi connectivity index (χ0n) is 18.8. The number of carboxylic acid groups (broad SMARTS) is 1. The van der Waals surface area contributed by atoms with Crippen molar-refractivity contribution in [3.63, 3.8) is 0 Å². The molecule has 34 heavy (non-hydrogen) atoms. The Morgan fingerprint density at radius 3 is 2.26 bits per heavy atom. The first-order chi connectivity index (χ1) is 16.3. The molecule has 0 unspecified atom stereocenters. The Bertz CT molecular complexity index is 1180. The van der Waals surface area contributed by atoms with Gasteiger partial charge in [0.2, 0.25) is 0 Å². The number of alkyl carbamates (subject to hydrolysis) is 1. The third-order valence-corrected chi connectivity index (χ3v) is 6.72. The van der Waals surface area contributed by atoms with Gasteiger partial charge in [-0.2, -0.15) is 0 Å². The second-order valence-corrected chi connectivity index (χ2v) is 9.45. The highest BCUT2D eigenvalue weighted by atomic mass is 32.1. The fourth-order valence-electron chi connectivity index (χ4n) is 4.02. The highest BCUT2D eigenvalue weighted by molar-refractivity contribution is 7.13. The summed E-state index contributed by atoms with van der Waals surface area (Å²) in [4.78, 5) is 40.4. The quantitative estimate of drug-likeness (QED) is 0.449. The lowest BCUT2D eigenvalue weighted by atomic mass is 9.98. The first-order valence-electron chi connectivity index (χ1n) is 10.9. The number of fused-ring (bicyclic) bond motifs is 3. The summed E-state index contributed by atoms with van der Waals surface area (Å²) >= 11 is 1.09. The van der Waals surface area contributed by atoms with Crippen LogP contribution < -0.4 is 10.6 Å². The van der Waals surface area contributed by atoms with Gasteiger partial charge in [-0.05, 0) is 28.2 Å². The zero-order chi connectivity index (χ0) is 24.2. The van der Waals surface area contributed by atoms with E-state index in [9.17, 15) is 19.5 Å². The highest BCUT2D eigenvalue weighted by Crippen LogP contribution is 2.44. The summed E-state index contributed by atoms with van der Waals surface area (Å²) < 4.78 is 5.50. The van der Waals surface area contributed by atoms with E-state index in [-0.39, 0.29) is 29.9 Å². The van der Waals surface area contributed by atoms with Gasteiger partial charge >= 0.3 is 12.1 Å². The summed E-state index contributed by atoms with van der Waals surface area (Å²) in [5.41, 5.74) is 4.58. The van der Waals surface area contributed by atoms with E-state index in [2.05, 4.69) is 39.9 Å². The first-order valence-corrected chi connectivity index (χ1v) is 11.7. The van der Waals surface area contributed by atoms with Crippen LogP contribution in [0.5, 0.6) is 0 Å². The normalized spacial score (nSPS) is 13.1. The maximum atomic E-state index is 12.4. The fourth-order valence-corrected chi connectivity index (χ4v) is 4.78. The SMILES string of the molecule is CC(C)[C@H](NC(=O)c1cnc(CNC(=O)OCC2c3ccccc3-c3ccccc32)s1)C(=O)O. The van der Waals surface area contributed by atoms with Crippen molar-refractivity contribution in [2.75, 3.05) is 6.61 Å². The van der Waals surface area contributed by atoms with E-state index in [1.54, 1.807) is 13.8 Å². The number of hydrogen-bond donors (Lipinski definition) is 3. The lowest BCUT2D eigenvalue weighted by molar-refractivity contribution is -0.140. The smallest absolute Gasteiger partial charge is 0.407 e. The van der Waals surface area contributed by atoms with Crippen LogP contribution in [0.2, 0.25) is 0 Å². The molecule has 0 aliphatic heterocycles. The van der Waals surface area contributed by atoms with Crippen LogP contribution in [0.4, 0.5) is 4.79 Å². The van der Waals surface area contributed by atoms with Crippen LogP contribution in [-0.4, -0.2) is 40.7 Å². The lowest BCUT2D eigenvalue weighted by Crippen LogP contribution is -2.44. The number of aliphatic carboxylic acids is 1. The molecule has 9 heteroatoms. The largest absolute Gasteiger partial charge is 0.480 e. The summed E-state index contributed by atoms with van der Waals surface area (Å²) in [5, 5.41) is 14.9. The van der Waals surface area contributed by atoms with Crippen molar-refractivity contribution in [3.05, 3.63) is 75.7 Å². The number of ether oxygens (including phenoxy) is 1. The monoisotopic (exact) mass is 479 g/mol. The van der Waals surface area contributed by atoms with Crippen LogP contribution in [0.15, 0.2) is 54.7 Å². The number of hydrogen-bond acceptors (Lipinski definition) is 6. The van der Waals surface area contributed by atoms with Gasteiger partial charge < -0.3 is 20.5 Å². The third kappa shape index (κ3) is 4.94. The molecule has 3 aromatic rings. The molecular weight excluding hydrogens is 454 g/mol. The topological polar surface area (TPSA) is 118 Å². The molecule has 1 aliphatic rings. The van der Waals surface area contributed by atoms with Crippen molar-refractivity contribution in [1.29, 1.82) is 0 Å². The summed E-state index contributed by atoms with van der Waals surface area (Å²) in [7, 11) is 0. The van der Waals surface area contributed by atoms with Crippen molar-refractivity contribution in [2.45, 2.75) is 32.4 Å². The Kier molecular flexibility index (Phi) is 6.93. The molecule has 0 fully saturated rings. The molecule has 0 spiro atoms. The van der Waals surface area contributed by atoms with E-state index in [1.807, 2.05) is 24.3 Å². The van der Waals surface area contributed by atoms with Crippen molar-refractivity contribution in [1.82, 2.24) is 15.6 Å². The van der Waals surface area contributed by atoms with Gasteiger partial charge in [0, 0.05) is 5.92 Å². The number of carboxylic acids is 1. The number of nitrogens with zero attached hydrogens (tertiary/aromatic N) is 1. The maximum absolute atomic E-state index is 12.4. The molecule has 1 aromatic heterocycles. The number of carbonyl (C=O) groups is 3. The molecule has 1 heterocycles. The molecule has 8 nitrogen and oxygen atoms in total. The van der Waals surface area contributed by atoms with Crippen molar-refractivity contribution in [3.8, 4) is 11.1 Å². The minimum Gasteiger partial charge on any atom is -0.480 e. The molecular formula is C25H25N3O5S. The number of benzene rings is 2. The molecule has 2 amide bonds. The van der Waals surface area contributed by atoms with Crippen molar-refractivity contribution >= 4 is 29.3 Å². The van der Waals surface area contributed by atoms with Gasteiger partial charge in [0.1, 0.15) is 22.5 Å². The predicted octanol–water partition coefficient (Wildman–Crippen LogP) is 4.02. The number of aromatic nitrogens is 1. The van der Waals surface area contributed by atoms with E-state index >= 15 is 0 Å². The first kappa shape index (κ1) is 23.4. The van der Waals surface area contributed by atoms with Crippen LogP contribution in [0.3, 0.4) is 0 Å². The number of carbonyl (C=O) groups excluding carboxylic acids is 2. The summed E-state index contributed by atoms with van der Waals surface area (Å²) in [6.45, 7) is 3.74. The van der Waals surface area contributed by atoms with Gasteiger partial charge in [0.15, 0.2) is 0 Å². The average Bonchev–Trinajstić information content (AvgIpc) is 3.42. The van der Waals surface area contributed by atoms with E-state index in [1.165, 1.54) is 6.20 Å². The predicted molar refractivity (Wildman–Crippen MR) is 128 cm³/mol. The van der Waals surface area contributed by atoms with Gasteiger partial charge in [0.25, 0.3) is 5.91 Å². The number of rotatable bonds is 8. The molecule has 1 atom stereocenters. The Morgan fingerprint density at radius 2 is 1.68 bits per heavy atom. The molecule has 0 saturated heterocycles. The van der Waals surface area contributed by atoms with Crippen LogP contribution in [-0.2, 0) is 16.1 Å². The lowest BCUT2D eigenvalue weighted by Gasteiger charge is -2.17. The van der Waals surface area contributed by atoms with Crippen LogP contribution in [0.25, 0.3) is 11.1 Å². The fraction of sp³-hybridized carbons (Fsp3) is 0.280. The molecule has 0 saturated carbocycles. The van der Waals surface area contributed by atoms with Gasteiger partial charge in [-0.25, -0.2) is 14.6 Å². The van der Waals surface area contributed by atoms with Gasteiger partial charge in [-0.15, -0.1) is 11.3 Å². The van der Waals surface area contributed by atoms with Crippen molar-refractivity contribution in [2.24, 2.45) is 5.92 Å². The second kappa shape index (κ2) is 10.0. The van der Waals surface area contributed by atoms with Gasteiger partial charge in [-0.1, -0.05) is 62.4 Å². The molecule has 2 aromatic carbocycles. The maximum Gasteiger partial charge on any atom is 0.407 e. The van der Waals surface area contributed by atoms with Crippen LogP contribution in [0, 0.1) is 5.92 Å². The Morgan fingerprint density at radius 1 is 1.06 bits per heavy atom. The van der Waals surface area contributed by atoms with E-state index in [4.69, 9.17) is 4.74 Å². The Hall–Kier alpha value is -3.72. The minimum atomic E-state index is -1.09. The number of nitrogens with one attached hydrogen (secondary N) is 2. The molecule has 1 aliphatic carbocycles. The third-order valence-electron chi connectivity index (χ3n) is 5.72. The molecule has 3 N–H and O–H groups in total. The second-order valence-electron chi connectivity index (χ2n) is 8.33. The Balaban J connectivity index is 1.31. The van der Waals surface area contributed by atoms with Gasteiger partial charge in [0.05, 0.1) is 12.7 Å². The van der Waals surface area contributed by atoms with E-state index in [0.29, 0.717) is 5.01 Å². The highest BCUT2D eigenvalue weighted by Gasteiger charge is 2.29. The average molecular weight is 480 g/mol. The zero-order valence-corrected chi connectivity index (χ0v) is 19.6. The molecule has 0 bridgehead atoms. The summed E-state index contributed by atoms with van der Waals surface area (Å²) in [6.07, 6.45) is 0.794. The molecule has 0 radical (unpaired) electrons. The number of thiazole rings is 1. The van der Waals surface area contributed by atoms with E-state index < -0.39 is 24.0 Å². The van der Waals surface area contributed by atoms with Gasteiger partial charge in [-0.3, -0.25) is 4.79 Å².